The molecule has 5 nitrogen and oxygen atoms in total. The van der Waals surface area contributed by atoms with E-state index in [-0.39, 0.29) is 17.4 Å². The zero-order chi connectivity index (χ0) is 18.7. The standard InChI is InChI=1S/C18H20F3NO4/c19-18(20,21)26-15-5-3-14(4-6-15)22-16(23)10-25-17(24)9-13-8-11-1-2-12(13)7-11/h3-6,11-13H,1-2,7-10H2,(H,22,23). The largest absolute Gasteiger partial charge is 0.573 e. The second-order valence-electron chi connectivity index (χ2n) is 6.92. The van der Waals surface area contributed by atoms with Crippen molar-refractivity contribution in [3.05, 3.63) is 24.3 Å². The molecule has 3 atom stereocenters. The highest BCUT2D eigenvalue weighted by Gasteiger charge is 2.40. The zero-order valence-corrected chi connectivity index (χ0v) is 14.1. The molecule has 0 aliphatic heterocycles. The number of rotatable bonds is 6. The Hall–Kier alpha value is -2.25. The lowest BCUT2D eigenvalue weighted by atomic mass is 9.86. The van der Waals surface area contributed by atoms with Gasteiger partial charge in [0.2, 0.25) is 0 Å². The van der Waals surface area contributed by atoms with Crippen LogP contribution in [0.2, 0.25) is 0 Å². The molecule has 2 aliphatic carbocycles. The van der Waals surface area contributed by atoms with Crippen LogP contribution < -0.4 is 10.1 Å². The maximum Gasteiger partial charge on any atom is 0.573 e. The van der Waals surface area contributed by atoms with Crippen molar-refractivity contribution in [1.29, 1.82) is 0 Å². The predicted molar refractivity (Wildman–Crippen MR) is 86.3 cm³/mol. The van der Waals surface area contributed by atoms with Crippen LogP contribution in [-0.2, 0) is 14.3 Å². The molecule has 2 saturated carbocycles. The van der Waals surface area contributed by atoms with Gasteiger partial charge in [0.1, 0.15) is 5.75 Å². The van der Waals surface area contributed by atoms with Gasteiger partial charge in [0, 0.05) is 12.1 Å². The first kappa shape index (κ1) is 18.5. The molecular weight excluding hydrogens is 351 g/mol. The first-order valence-electron chi connectivity index (χ1n) is 8.60. The van der Waals surface area contributed by atoms with Gasteiger partial charge in [-0.05, 0) is 61.3 Å². The van der Waals surface area contributed by atoms with Gasteiger partial charge < -0.3 is 14.8 Å². The van der Waals surface area contributed by atoms with Gasteiger partial charge in [0.25, 0.3) is 5.91 Å². The number of benzene rings is 1. The Morgan fingerprint density at radius 2 is 1.85 bits per heavy atom. The van der Waals surface area contributed by atoms with E-state index in [1.54, 1.807) is 0 Å². The number of amides is 1. The minimum atomic E-state index is -4.77. The molecule has 142 valence electrons. The Bertz CT molecular complexity index is 659. The first-order chi connectivity index (χ1) is 12.3. The molecule has 0 heterocycles. The quantitative estimate of drug-likeness (QED) is 0.771. The van der Waals surface area contributed by atoms with Crippen molar-refractivity contribution in [2.75, 3.05) is 11.9 Å². The average Bonchev–Trinajstić information content (AvgIpc) is 3.16. The maximum atomic E-state index is 12.1. The Morgan fingerprint density at radius 1 is 1.12 bits per heavy atom. The van der Waals surface area contributed by atoms with Gasteiger partial charge in [0.05, 0.1) is 0 Å². The van der Waals surface area contributed by atoms with Crippen LogP contribution in [-0.4, -0.2) is 24.8 Å². The molecule has 3 unspecified atom stereocenters. The average molecular weight is 371 g/mol. The fourth-order valence-electron chi connectivity index (χ4n) is 3.98. The maximum absolute atomic E-state index is 12.1. The number of nitrogens with one attached hydrogen (secondary N) is 1. The second-order valence-corrected chi connectivity index (χ2v) is 6.92. The lowest BCUT2D eigenvalue weighted by molar-refractivity contribution is -0.274. The first-order valence-corrected chi connectivity index (χ1v) is 8.60. The van der Waals surface area contributed by atoms with Crippen LogP contribution >= 0.6 is 0 Å². The molecule has 26 heavy (non-hydrogen) atoms. The Morgan fingerprint density at radius 3 is 2.42 bits per heavy atom. The van der Waals surface area contributed by atoms with Crippen molar-refractivity contribution in [1.82, 2.24) is 0 Å². The monoisotopic (exact) mass is 371 g/mol. The second kappa shape index (κ2) is 7.55. The van der Waals surface area contributed by atoms with Gasteiger partial charge in [-0.2, -0.15) is 0 Å². The van der Waals surface area contributed by atoms with E-state index in [2.05, 4.69) is 10.1 Å². The Labute approximate surface area is 148 Å². The molecular formula is C18H20F3NO4. The fraction of sp³-hybridized carbons (Fsp3) is 0.556. The van der Waals surface area contributed by atoms with Crippen LogP contribution in [0.15, 0.2) is 24.3 Å². The Balaban J connectivity index is 1.39. The number of halogens is 3. The highest BCUT2D eigenvalue weighted by Crippen LogP contribution is 2.49. The molecule has 1 amide bonds. The molecule has 0 aromatic heterocycles. The number of ether oxygens (including phenoxy) is 2. The summed E-state index contributed by atoms with van der Waals surface area (Å²) in [6, 6.07) is 4.72. The van der Waals surface area contributed by atoms with E-state index in [0.29, 0.717) is 18.3 Å². The zero-order valence-electron chi connectivity index (χ0n) is 14.1. The number of hydrogen-bond donors (Lipinski definition) is 1. The number of carbonyl (C=O) groups is 2. The molecule has 0 spiro atoms. The summed E-state index contributed by atoms with van der Waals surface area (Å²) in [5.41, 5.74) is 0.286. The molecule has 1 aromatic rings. The molecule has 2 bridgehead atoms. The number of hydrogen-bond acceptors (Lipinski definition) is 4. The summed E-state index contributed by atoms with van der Waals surface area (Å²) >= 11 is 0. The third-order valence-corrected chi connectivity index (χ3v) is 5.05. The van der Waals surface area contributed by atoms with Crippen LogP contribution in [0.5, 0.6) is 5.75 Å². The topological polar surface area (TPSA) is 64.6 Å². The SMILES string of the molecule is O=C(COC(=O)CC1CC2CCC1C2)Nc1ccc(OC(F)(F)F)cc1. The molecule has 3 rings (SSSR count). The summed E-state index contributed by atoms with van der Waals surface area (Å²) in [6.45, 7) is -0.416. The number of esters is 1. The van der Waals surface area contributed by atoms with Crippen LogP contribution in [0, 0.1) is 17.8 Å². The molecule has 1 N–H and O–H groups in total. The van der Waals surface area contributed by atoms with E-state index < -0.39 is 18.9 Å². The number of alkyl halides is 3. The molecule has 0 saturated heterocycles. The summed E-state index contributed by atoms with van der Waals surface area (Å²) in [5.74, 6) is 0.407. The predicted octanol–water partition coefficient (Wildman–Crippen LogP) is 3.89. The normalized spacial score (nSPS) is 24.3. The number of anilines is 1. The minimum Gasteiger partial charge on any atom is -0.456 e. The summed E-state index contributed by atoms with van der Waals surface area (Å²) in [5, 5.41) is 2.46. The van der Waals surface area contributed by atoms with E-state index in [9.17, 15) is 22.8 Å². The van der Waals surface area contributed by atoms with Gasteiger partial charge in [0.15, 0.2) is 6.61 Å². The van der Waals surface area contributed by atoms with E-state index in [4.69, 9.17) is 4.74 Å². The molecule has 1 aromatic carbocycles. The number of carbonyl (C=O) groups excluding carboxylic acids is 2. The lowest BCUT2D eigenvalue weighted by Gasteiger charge is -2.20. The third kappa shape index (κ3) is 5.12. The van der Waals surface area contributed by atoms with Crippen LogP contribution in [0.3, 0.4) is 0 Å². The fourth-order valence-corrected chi connectivity index (χ4v) is 3.98. The van der Waals surface area contributed by atoms with Gasteiger partial charge in [-0.1, -0.05) is 6.42 Å². The summed E-state index contributed by atoms with van der Waals surface area (Å²) < 4.78 is 45.0. The molecule has 8 heteroatoms. The highest BCUT2D eigenvalue weighted by atomic mass is 19.4. The highest BCUT2D eigenvalue weighted by molar-refractivity contribution is 5.92. The third-order valence-electron chi connectivity index (χ3n) is 5.05. The molecule has 2 fully saturated rings. The van der Waals surface area contributed by atoms with Crippen molar-refractivity contribution >= 4 is 17.6 Å². The van der Waals surface area contributed by atoms with Crippen LogP contribution in [0.1, 0.15) is 32.1 Å². The minimum absolute atomic E-state index is 0.286. The summed E-state index contributed by atoms with van der Waals surface area (Å²) in [7, 11) is 0. The number of fused-ring (bicyclic) bond motifs is 2. The van der Waals surface area contributed by atoms with Crippen LogP contribution in [0.25, 0.3) is 0 Å². The molecule has 0 radical (unpaired) electrons. The van der Waals surface area contributed by atoms with Crippen molar-refractivity contribution in [3.63, 3.8) is 0 Å². The van der Waals surface area contributed by atoms with E-state index in [1.807, 2.05) is 0 Å². The van der Waals surface area contributed by atoms with Gasteiger partial charge in [-0.25, -0.2) is 0 Å². The van der Waals surface area contributed by atoms with Crippen molar-refractivity contribution in [3.8, 4) is 5.75 Å². The summed E-state index contributed by atoms with van der Waals surface area (Å²) in [6.07, 6.45) is 0.281. The van der Waals surface area contributed by atoms with E-state index >= 15 is 0 Å². The lowest BCUT2D eigenvalue weighted by Crippen LogP contribution is -2.23. The van der Waals surface area contributed by atoms with Gasteiger partial charge in [-0.3, -0.25) is 9.59 Å². The van der Waals surface area contributed by atoms with Crippen molar-refractivity contribution in [2.45, 2.75) is 38.5 Å². The summed E-state index contributed by atoms with van der Waals surface area (Å²) in [4.78, 5) is 23.7. The Kier molecular flexibility index (Phi) is 5.38. The van der Waals surface area contributed by atoms with E-state index in [1.165, 1.54) is 31.4 Å². The smallest absolute Gasteiger partial charge is 0.456 e. The molecule has 2 aliphatic rings. The van der Waals surface area contributed by atoms with Gasteiger partial charge in [-0.15, -0.1) is 13.2 Å². The van der Waals surface area contributed by atoms with Crippen molar-refractivity contribution in [2.24, 2.45) is 17.8 Å². The van der Waals surface area contributed by atoms with Gasteiger partial charge >= 0.3 is 12.3 Å². The van der Waals surface area contributed by atoms with Crippen molar-refractivity contribution < 1.29 is 32.2 Å². The van der Waals surface area contributed by atoms with E-state index in [0.717, 1.165) is 24.5 Å². The van der Waals surface area contributed by atoms with Crippen LogP contribution in [0.4, 0.5) is 18.9 Å².